The number of nitrogens with one attached hydrogen (secondary N) is 2. The van der Waals surface area contributed by atoms with E-state index in [1.165, 1.54) is 0 Å². The number of hydrogen-bond donors (Lipinski definition) is 2. The Morgan fingerprint density at radius 2 is 2.00 bits per heavy atom. The molecule has 1 amide bonds. The molecule has 0 atom stereocenters. The standard InChI is InChI=1S/C16H14ClN3O/c1-10-3-6-13(15(7-10)19-2)16(21)20-12-5-4-11(9-18)14(17)8-12/h3-8,19H,1-2H3,(H,20,21). The van der Waals surface area contributed by atoms with Gasteiger partial charge in [0.25, 0.3) is 5.91 Å². The molecule has 0 saturated carbocycles. The summed E-state index contributed by atoms with van der Waals surface area (Å²) in [5.74, 6) is -0.236. The maximum Gasteiger partial charge on any atom is 0.257 e. The van der Waals surface area contributed by atoms with Crippen LogP contribution in [0.2, 0.25) is 5.02 Å². The lowest BCUT2D eigenvalue weighted by atomic mass is 10.1. The minimum Gasteiger partial charge on any atom is -0.387 e. The molecule has 5 heteroatoms. The molecule has 0 aromatic heterocycles. The van der Waals surface area contributed by atoms with Gasteiger partial charge in [-0.2, -0.15) is 5.26 Å². The number of rotatable bonds is 3. The zero-order valence-electron chi connectivity index (χ0n) is 11.7. The van der Waals surface area contributed by atoms with Crippen LogP contribution in [0, 0.1) is 18.3 Å². The van der Waals surface area contributed by atoms with E-state index in [1.807, 2.05) is 25.1 Å². The van der Waals surface area contributed by atoms with Crippen LogP contribution in [-0.4, -0.2) is 13.0 Å². The monoisotopic (exact) mass is 299 g/mol. The molecular weight excluding hydrogens is 286 g/mol. The Morgan fingerprint density at radius 3 is 2.62 bits per heavy atom. The van der Waals surface area contributed by atoms with Crippen molar-refractivity contribution in [2.24, 2.45) is 0 Å². The molecule has 106 valence electrons. The van der Waals surface area contributed by atoms with E-state index in [0.29, 0.717) is 21.8 Å². The third kappa shape index (κ3) is 3.33. The van der Waals surface area contributed by atoms with Gasteiger partial charge in [0.1, 0.15) is 6.07 Å². The fourth-order valence-electron chi connectivity index (χ4n) is 1.94. The van der Waals surface area contributed by atoms with Crippen molar-refractivity contribution in [2.75, 3.05) is 17.7 Å². The Morgan fingerprint density at radius 1 is 1.24 bits per heavy atom. The van der Waals surface area contributed by atoms with Crippen molar-refractivity contribution in [1.82, 2.24) is 0 Å². The summed E-state index contributed by atoms with van der Waals surface area (Å²) in [6.45, 7) is 1.96. The van der Waals surface area contributed by atoms with Gasteiger partial charge < -0.3 is 10.6 Å². The molecule has 0 heterocycles. The molecule has 0 radical (unpaired) electrons. The van der Waals surface area contributed by atoms with Gasteiger partial charge in [-0.1, -0.05) is 17.7 Å². The average molecular weight is 300 g/mol. The molecule has 4 nitrogen and oxygen atoms in total. The highest BCUT2D eigenvalue weighted by molar-refractivity contribution is 6.32. The van der Waals surface area contributed by atoms with Crippen molar-refractivity contribution in [3.63, 3.8) is 0 Å². The lowest BCUT2D eigenvalue weighted by Crippen LogP contribution is -2.14. The largest absolute Gasteiger partial charge is 0.387 e. The van der Waals surface area contributed by atoms with Gasteiger partial charge in [0.05, 0.1) is 16.1 Å². The van der Waals surface area contributed by atoms with Crippen LogP contribution in [0.5, 0.6) is 0 Å². The van der Waals surface area contributed by atoms with E-state index >= 15 is 0 Å². The van der Waals surface area contributed by atoms with Gasteiger partial charge in [0, 0.05) is 18.4 Å². The molecule has 2 rings (SSSR count). The number of anilines is 2. The van der Waals surface area contributed by atoms with E-state index in [4.69, 9.17) is 16.9 Å². The fraction of sp³-hybridized carbons (Fsp3) is 0.125. The molecule has 0 aliphatic carbocycles. The van der Waals surface area contributed by atoms with E-state index < -0.39 is 0 Å². The Balaban J connectivity index is 2.26. The normalized spacial score (nSPS) is 9.81. The van der Waals surface area contributed by atoms with Crippen LogP contribution in [0.1, 0.15) is 21.5 Å². The van der Waals surface area contributed by atoms with Crippen molar-refractivity contribution >= 4 is 28.9 Å². The Bertz CT molecular complexity index is 735. The van der Waals surface area contributed by atoms with Gasteiger partial charge in [-0.15, -0.1) is 0 Å². The second-order valence-electron chi connectivity index (χ2n) is 4.56. The molecular formula is C16H14ClN3O. The first-order valence-corrected chi connectivity index (χ1v) is 6.72. The molecule has 0 saturated heterocycles. The number of nitrogens with zero attached hydrogens (tertiary/aromatic N) is 1. The molecule has 21 heavy (non-hydrogen) atoms. The molecule has 2 aromatic rings. The summed E-state index contributed by atoms with van der Waals surface area (Å²) in [5.41, 5.74) is 3.29. The third-order valence-electron chi connectivity index (χ3n) is 3.04. The zero-order chi connectivity index (χ0) is 15.4. The second-order valence-corrected chi connectivity index (χ2v) is 4.97. The number of halogens is 1. The van der Waals surface area contributed by atoms with Gasteiger partial charge in [-0.25, -0.2) is 0 Å². The van der Waals surface area contributed by atoms with Crippen LogP contribution in [0.3, 0.4) is 0 Å². The summed E-state index contributed by atoms with van der Waals surface area (Å²) in [4.78, 5) is 12.3. The summed E-state index contributed by atoms with van der Waals surface area (Å²) in [6, 6.07) is 12.3. The van der Waals surface area contributed by atoms with Crippen LogP contribution in [0.25, 0.3) is 0 Å². The summed E-state index contributed by atoms with van der Waals surface area (Å²) in [5, 5.41) is 14.9. The van der Waals surface area contributed by atoms with Gasteiger partial charge in [-0.3, -0.25) is 4.79 Å². The first kappa shape index (κ1) is 14.9. The van der Waals surface area contributed by atoms with E-state index in [1.54, 1.807) is 31.3 Å². The van der Waals surface area contributed by atoms with Gasteiger partial charge in [-0.05, 0) is 42.8 Å². The summed E-state index contributed by atoms with van der Waals surface area (Å²) in [7, 11) is 1.77. The lowest BCUT2D eigenvalue weighted by Gasteiger charge is -2.11. The average Bonchev–Trinajstić information content (AvgIpc) is 2.47. The van der Waals surface area contributed by atoms with Gasteiger partial charge in [0.15, 0.2) is 0 Å². The molecule has 0 spiro atoms. The van der Waals surface area contributed by atoms with Crippen LogP contribution in [0.15, 0.2) is 36.4 Å². The highest BCUT2D eigenvalue weighted by Crippen LogP contribution is 2.22. The van der Waals surface area contributed by atoms with Crippen LogP contribution in [-0.2, 0) is 0 Å². The van der Waals surface area contributed by atoms with Gasteiger partial charge in [0.2, 0.25) is 0 Å². The summed E-state index contributed by atoms with van der Waals surface area (Å²) in [6.07, 6.45) is 0. The van der Waals surface area contributed by atoms with Gasteiger partial charge >= 0.3 is 0 Å². The summed E-state index contributed by atoms with van der Waals surface area (Å²) >= 11 is 5.95. The number of amides is 1. The zero-order valence-corrected chi connectivity index (χ0v) is 12.5. The van der Waals surface area contributed by atoms with Crippen molar-refractivity contribution in [2.45, 2.75) is 6.92 Å². The van der Waals surface area contributed by atoms with E-state index in [2.05, 4.69) is 10.6 Å². The van der Waals surface area contributed by atoms with Crippen molar-refractivity contribution < 1.29 is 4.79 Å². The molecule has 0 aliphatic rings. The van der Waals surface area contributed by atoms with Crippen molar-refractivity contribution in [3.05, 3.63) is 58.1 Å². The van der Waals surface area contributed by atoms with E-state index in [-0.39, 0.29) is 5.91 Å². The first-order valence-electron chi connectivity index (χ1n) is 6.34. The third-order valence-corrected chi connectivity index (χ3v) is 3.35. The number of benzene rings is 2. The number of carbonyl (C=O) groups excluding carboxylic acids is 1. The maximum absolute atomic E-state index is 12.3. The number of aryl methyl sites for hydroxylation is 1. The highest BCUT2D eigenvalue weighted by Gasteiger charge is 2.12. The van der Waals surface area contributed by atoms with Crippen LogP contribution >= 0.6 is 11.6 Å². The molecule has 0 fully saturated rings. The second kappa shape index (κ2) is 6.29. The van der Waals surface area contributed by atoms with Crippen LogP contribution in [0.4, 0.5) is 11.4 Å². The van der Waals surface area contributed by atoms with Crippen molar-refractivity contribution in [3.8, 4) is 6.07 Å². The van der Waals surface area contributed by atoms with Crippen molar-refractivity contribution in [1.29, 1.82) is 5.26 Å². The number of hydrogen-bond acceptors (Lipinski definition) is 3. The SMILES string of the molecule is CNc1cc(C)ccc1C(=O)Nc1ccc(C#N)c(Cl)c1. The predicted octanol–water partition coefficient (Wildman–Crippen LogP) is 3.81. The topological polar surface area (TPSA) is 64.9 Å². The molecule has 0 unspecified atom stereocenters. The Labute approximate surface area is 128 Å². The van der Waals surface area contributed by atoms with Crippen LogP contribution < -0.4 is 10.6 Å². The predicted molar refractivity (Wildman–Crippen MR) is 84.8 cm³/mol. The maximum atomic E-state index is 12.3. The summed E-state index contributed by atoms with van der Waals surface area (Å²) < 4.78 is 0. The quantitative estimate of drug-likeness (QED) is 0.905. The Kier molecular flexibility index (Phi) is 4.46. The minimum atomic E-state index is -0.236. The number of carbonyl (C=O) groups is 1. The molecule has 0 aliphatic heterocycles. The molecule has 2 N–H and O–H groups in total. The lowest BCUT2D eigenvalue weighted by molar-refractivity contribution is 0.102. The minimum absolute atomic E-state index is 0.236. The van der Waals surface area contributed by atoms with E-state index in [9.17, 15) is 4.79 Å². The highest BCUT2D eigenvalue weighted by atomic mass is 35.5. The molecule has 2 aromatic carbocycles. The molecule has 0 bridgehead atoms. The fourth-order valence-corrected chi connectivity index (χ4v) is 2.17. The smallest absolute Gasteiger partial charge is 0.257 e. The van der Waals surface area contributed by atoms with E-state index in [0.717, 1.165) is 11.3 Å². The first-order chi connectivity index (χ1) is 10.0. The number of nitriles is 1. The Hall–Kier alpha value is -2.51.